The summed E-state index contributed by atoms with van der Waals surface area (Å²) in [5.74, 6) is -2.18. The van der Waals surface area contributed by atoms with Crippen molar-refractivity contribution in [1.29, 1.82) is 0 Å². The Morgan fingerprint density at radius 1 is 0.913 bits per heavy atom. The molecule has 0 aliphatic heterocycles. The molecule has 6 nitrogen and oxygen atoms in total. The van der Waals surface area contributed by atoms with Crippen LogP contribution in [0.4, 0.5) is 0 Å². The van der Waals surface area contributed by atoms with E-state index in [9.17, 15) is 9.59 Å². The Kier molecular flexibility index (Phi) is 8.29. The highest BCUT2D eigenvalue weighted by Crippen LogP contribution is 2.21. The molecule has 0 aromatic heterocycles. The van der Waals surface area contributed by atoms with E-state index in [0.717, 1.165) is 11.1 Å². The van der Waals surface area contributed by atoms with E-state index >= 15 is 0 Å². The lowest BCUT2D eigenvalue weighted by Gasteiger charge is -2.18. The van der Waals surface area contributed by atoms with Gasteiger partial charge >= 0.3 is 11.9 Å². The molecule has 0 saturated heterocycles. The summed E-state index contributed by atoms with van der Waals surface area (Å²) < 4.78 is 20.4. The summed E-state index contributed by atoms with van der Waals surface area (Å²) in [5.41, 5.74) is 1.70. The number of hydrogen-bond donors (Lipinski definition) is 0. The maximum absolute atomic E-state index is 11.7. The predicted molar refractivity (Wildman–Crippen MR) is 83.7 cm³/mol. The lowest BCUT2D eigenvalue weighted by molar-refractivity contribution is -0.158. The topological polar surface area (TPSA) is 71.1 Å². The first-order chi connectivity index (χ1) is 11.1. The molecule has 0 unspecified atom stereocenters. The fraction of sp³-hybridized carbons (Fsp3) is 0.529. The van der Waals surface area contributed by atoms with Gasteiger partial charge in [0.05, 0.1) is 14.2 Å². The molecule has 1 rings (SSSR count). The number of esters is 2. The normalized spacial score (nSPS) is 10.9. The number of ether oxygens (including phenoxy) is 4. The van der Waals surface area contributed by atoms with Crippen LogP contribution in [0.25, 0.3) is 0 Å². The SMILES string of the molecule is CCOC(OCC)c1ccc(CC(C(=O)OC)C(=O)OC)cc1. The van der Waals surface area contributed by atoms with Crippen LogP contribution in [-0.2, 0) is 35.0 Å². The van der Waals surface area contributed by atoms with Crippen LogP contribution in [0.5, 0.6) is 0 Å². The highest BCUT2D eigenvalue weighted by Gasteiger charge is 2.28. The summed E-state index contributed by atoms with van der Waals surface area (Å²) in [6, 6.07) is 7.38. The second-order valence-corrected chi connectivity index (χ2v) is 4.79. The first kappa shape index (κ1) is 19.1. The highest BCUT2D eigenvalue weighted by atomic mass is 16.7. The van der Waals surface area contributed by atoms with Crippen molar-refractivity contribution in [2.24, 2.45) is 5.92 Å². The van der Waals surface area contributed by atoms with Gasteiger partial charge in [0.15, 0.2) is 12.2 Å². The Morgan fingerprint density at radius 3 is 1.78 bits per heavy atom. The van der Waals surface area contributed by atoms with Gasteiger partial charge in [0, 0.05) is 18.8 Å². The van der Waals surface area contributed by atoms with E-state index in [1.165, 1.54) is 14.2 Å². The number of carbonyl (C=O) groups is 2. The largest absolute Gasteiger partial charge is 0.468 e. The fourth-order valence-electron chi connectivity index (χ4n) is 2.14. The van der Waals surface area contributed by atoms with Crippen LogP contribution >= 0.6 is 0 Å². The van der Waals surface area contributed by atoms with Crippen molar-refractivity contribution in [3.63, 3.8) is 0 Å². The Balaban J connectivity index is 2.85. The van der Waals surface area contributed by atoms with Crippen molar-refractivity contribution in [2.75, 3.05) is 27.4 Å². The van der Waals surface area contributed by atoms with Crippen LogP contribution in [-0.4, -0.2) is 39.4 Å². The van der Waals surface area contributed by atoms with Crippen LogP contribution in [0.1, 0.15) is 31.3 Å². The molecular formula is C17H24O6. The molecule has 0 bridgehead atoms. The number of carbonyl (C=O) groups excluding carboxylic acids is 2. The summed E-state index contributed by atoms with van der Waals surface area (Å²) in [5, 5.41) is 0. The predicted octanol–water partition coefficient (Wildman–Crippen LogP) is 2.26. The van der Waals surface area contributed by atoms with E-state index in [4.69, 9.17) is 9.47 Å². The van der Waals surface area contributed by atoms with Gasteiger partial charge in [-0.05, 0) is 25.8 Å². The molecule has 128 valence electrons. The number of methoxy groups -OCH3 is 2. The molecule has 1 aromatic carbocycles. The zero-order valence-corrected chi connectivity index (χ0v) is 14.0. The third-order valence-electron chi connectivity index (χ3n) is 3.30. The zero-order valence-electron chi connectivity index (χ0n) is 14.0. The van der Waals surface area contributed by atoms with Crippen molar-refractivity contribution in [3.05, 3.63) is 35.4 Å². The summed E-state index contributed by atoms with van der Waals surface area (Å²) in [4.78, 5) is 23.4. The molecule has 1 aromatic rings. The van der Waals surface area contributed by atoms with Crippen LogP contribution in [0.15, 0.2) is 24.3 Å². The van der Waals surface area contributed by atoms with Gasteiger partial charge in [-0.2, -0.15) is 0 Å². The van der Waals surface area contributed by atoms with Crippen molar-refractivity contribution < 1.29 is 28.5 Å². The standard InChI is InChI=1S/C17H24O6/c1-5-22-17(23-6-2)13-9-7-12(8-10-13)11-14(15(18)20-3)16(19)21-4/h7-10,14,17H,5-6,11H2,1-4H3. The highest BCUT2D eigenvalue weighted by molar-refractivity contribution is 5.95. The van der Waals surface area contributed by atoms with Crippen molar-refractivity contribution >= 4 is 11.9 Å². The van der Waals surface area contributed by atoms with Crippen molar-refractivity contribution in [2.45, 2.75) is 26.6 Å². The summed E-state index contributed by atoms with van der Waals surface area (Å²) in [7, 11) is 2.49. The molecule has 0 saturated carbocycles. The molecule has 0 aliphatic carbocycles. The summed E-state index contributed by atoms with van der Waals surface area (Å²) >= 11 is 0. The minimum Gasteiger partial charge on any atom is -0.468 e. The molecule has 23 heavy (non-hydrogen) atoms. The molecule has 0 fully saturated rings. The second-order valence-electron chi connectivity index (χ2n) is 4.79. The van der Waals surface area contributed by atoms with E-state index in [-0.39, 0.29) is 6.42 Å². The lowest BCUT2D eigenvalue weighted by Crippen LogP contribution is -2.28. The Bertz CT molecular complexity index is 474. The number of hydrogen-bond acceptors (Lipinski definition) is 6. The van der Waals surface area contributed by atoms with Crippen LogP contribution in [0.3, 0.4) is 0 Å². The van der Waals surface area contributed by atoms with E-state index in [1.807, 2.05) is 38.1 Å². The van der Waals surface area contributed by atoms with Gasteiger partial charge in [-0.15, -0.1) is 0 Å². The van der Waals surface area contributed by atoms with Gasteiger partial charge in [0.1, 0.15) is 0 Å². The third-order valence-corrected chi connectivity index (χ3v) is 3.30. The van der Waals surface area contributed by atoms with Gasteiger partial charge < -0.3 is 18.9 Å². The van der Waals surface area contributed by atoms with Gasteiger partial charge in [-0.1, -0.05) is 24.3 Å². The van der Waals surface area contributed by atoms with E-state index in [2.05, 4.69) is 9.47 Å². The summed E-state index contributed by atoms with van der Waals surface area (Å²) in [6.07, 6.45) is -0.204. The maximum atomic E-state index is 11.7. The van der Waals surface area contributed by atoms with E-state index in [0.29, 0.717) is 13.2 Å². The number of benzene rings is 1. The van der Waals surface area contributed by atoms with Crippen molar-refractivity contribution in [1.82, 2.24) is 0 Å². The van der Waals surface area contributed by atoms with Crippen molar-refractivity contribution in [3.8, 4) is 0 Å². The molecule has 6 heteroatoms. The molecule has 0 spiro atoms. The summed E-state index contributed by atoms with van der Waals surface area (Å²) in [6.45, 7) is 4.88. The Labute approximate surface area is 136 Å². The van der Waals surface area contributed by atoms with Gasteiger partial charge in [-0.25, -0.2) is 0 Å². The first-order valence-electron chi connectivity index (χ1n) is 7.55. The van der Waals surface area contributed by atoms with Gasteiger partial charge in [-0.3, -0.25) is 9.59 Å². The van der Waals surface area contributed by atoms with E-state index < -0.39 is 24.1 Å². The molecule has 0 N–H and O–H groups in total. The van der Waals surface area contributed by atoms with Crippen LogP contribution < -0.4 is 0 Å². The smallest absolute Gasteiger partial charge is 0.320 e. The minimum absolute atomic E-state index is 0.216. The van der Waals surface area contributed by atoms with Crippen LogP contribution in [0.2, 0.25) is 0 Å². The lowest BCUT2D eigenvalue weighted by atomic mass is 9.98. The van der Waals surface area contributed by atoms with E-state index in [1.54, 1.807) is 0 Å². The average Bonchev–Trinajstić information content (AvgIpc) is 2.58. The molecule has 0 heterocycles. The molecule has 0 aliphatic rings. The molecule has 0 amide bonds. The minimum atomic E-state index is -0.967. The van der Waals surface area contributed by atoms with Crippen LogP contribution in [0, 0.1) is 5.92 Å². The third kappa shape index (κ3) is 5.65. The molecule has 0 atom stereocenters. The Hall–Kier alpha value is -1.92. The monoisotopic (exact) mass is 324 g/mol. The zero-order chi connectivity index (χ0) is 17.2. The second kappa shape index (κ2) is 9.97. The molecule has 0 radical (unpaired) electrons. The quantitative estimate of drug-likeness (QED) is 0.394. The fourth-order valence-corrected chi connectivity index (χ4v) is 2.14. The average molecular weight is 324 g/mol. The van der Waals surface area contributed by atoms with Gasteiger partial charge in [0.2, 0.25) is 0 Å². The molecular weight excluding hydrogens is 300 g/mol. The number of rotatable bonds is 9. The maximum Gasteiger partial charge on any atom is 0.320 e. The Morgan fingerprint density at radius 2 is 1.39 bits per heavy atom. The van der Waals surface area contributed by atoms with Gasteiger partial charge in [0.25, 0.3) is 0 Å². The first-order valence-corrected chi connectivity index (χ1v) is 7.55.